The van der Waals surface area contributed by atoms with Gasteiger partial charge in [-0.15, -0.1) is 0 Å². The molecule has 2 aromatic carbocycles. The zero-order valence-electron chi connectivity index (χ0n) is 19.3. The first-order valence-electron chi connectivity index (χ1n) is 11.9. The fourth-order valence-electron chi connectivity index (χ4n) is 4.55. The van der Waals surface area contributed by atoms with Crippen molar-refractivity contribution in [3.8, 4) is 5.75 Å². The molecule has 34 heavy (non-hydrogen) atoms. The van der Waals surface area contributed by atoms with Gasteiger partial charge in [-0.05, 0) is 68.1 Å². The van der Waals surface area contributed by atoms with E-state index in [1.54, 1.807) is 24.3 Å². The van der Waals surface area contributed by atoms with Crippen LogP contribution in [0.5, 0.6) is 5.75 Å². The summed E-state index contributed by atoms with van der Waals surface area (Å²) in [7, 11) is -3.42. The third-order valence-electron chi connectivity index (χ3n) is 6.42. The van der Waals surface area contributed by atoms with E-state index in [0.717, 1.165) is 49.4 Å². The van der Waals surface area contributed by atoms with Crippen molar-refractivity contribution in [2.45, 2.75) is 37.1 Å². The fourth-order valence-corrected chi connectivity index (χ4v) is 6.27. The van der Waals surface area contributed by atoms with Gasteiger partial charge in [0.15, 0.2) is 0 Å². The number of carbonyl (C=O) groups excluding carboxylic acids is 1. The van der Waals surface area contributed by atoms with Crippen molar-refractivity contribution in [2.24, 2.45) is 5.92 Å². The first-order valence-corrected chi connectivity index (χ1v) is 13.7. The van der Waals surface area contributed by atoms with Crippen LogP contribution in [0.3, 0.4) is 0 Å². The van der Waals surface area contributed by atoms with Crippen molar-refractivity contribution >= 4 is 27.5 Å². The van der Waals surface area contributed by atoms with Crippen LogP contribution in [0, 0.1) is 5.92 Å². The number of piperidine rings is 1. The van der Waals surface area contributed by atoms with Crippen LogP contribution >= 0.6 is 11.6 Å². The largest absolute Gasteiger partial charge is 0.492 e. The average Bonchev–Trinajstić information content (AvgIpc) is 3.40. The van der Waals surface area contributed by atoms with Crippen LogP contribution in [0.15, 0.2) is 53.4 Å². The molecule has 0 aromatic heterocycles. The molecule has 7 nitrogen and oxygen atoms in total. The lowest BCUT2D eigenvalue weighted by atomic mass is 9.96. The molecule has 2 heterocycles. The second kappa shape index (κ2) is 11.5. The van der Waals surface area contributed by atoms with Gasteiger partial charge < -0.3 is 10.1 Å². The van der Waals surface area contributed by atoms with Gasteiger partial charge in [-0.1, -0.05) is 29.8 Å². The van der Waals surface area contributed by atoms with Crippen molar-refractivity contribution in [1.82, 2.24) is 14.5 Å². The minimum atomic E-state index is -3.42. The van der Waals surface area contributed by atoms with E-state index in [1.165, 1.54) is 4.31 Å². The fraction of sp³-hybridized carbons (Fsp3) is 0.480. The third kappa shape index (κ3) is 6.30. The third-order valence-corrected chi connectivity index (χ3v) is 8.71. The predicted molar refractivity (Wildman–Crippen MR) is 132 cm³/mol. The first-order chi connectivity index (χ1) is 16.4. The second-order valence-electron chi connectivity index (χ2n) is 8.89. The minimum absolute atomic E-state index is 0.0412. The number of hydrogen-bond donors (Lipinski definition) is 1. The molecule has 1 amide bonds. The Balaban J connectivity index is 1.20. The van der Waals surface area contributed by atoms with E-state index in [9.17, 15) is 13.2 Å². The normalized spacial score (nSPS) is 19.7. The van der Waals surface area contributed by atoms with E-state index >= 15 is 0 Å². The number of carbonyl (C=O) groups is 1. The number of halogens is 1. The zero-order chi connectivity index (χ0) is 24.0. The highest BCUT2D eigenvalue weighted by atomic mass is 35.5. The molecule has 0 unspecified atom stereocenters. The number of amides is 1. The van der Waals surface area contributed by atoms with E-state index in [0.29, 0.717) is 38.5 Å². The Hall–Kier alpha value is -2.13. The first kappa shape index (κ1) is 25.0. The standard InChI is InChI=1S/C25H32ClN3O4S/c26-24-8-2-1-6-20(24)18-28-14-5-7-21(19-28)25(30)27-13-17-33-22-9-11-23(12-10-22)34(31,32)29-15-3-4-16-29/h1-2,6,8-12,21H,3-5,7,13-19H2,(H,27,30)/t21-/m0/s1. The molecule has 2 saturated heterocycles. The Morgan fingerprint density at radius 3 is 2.50 bits per heavy atom. The molecule has 9 heteroatoms. The van der Waals surface area contributed by atoms with Gasteiger partial charge in [0.25, 0.3) is 0 Å². The van der Waals surface area contributed by atoms with Crippen LogP contribution in [0.4, 0.5) is 0 Å². The molecular formula is C25H32ClN3O4S. The summed E-state index contributed by atoms with van der Waals surface area (Å²) in [5.74, 6) is 0.573. The molecule has 1 atom stereocenters. The van der Waals surface area contributed by atoms with Gasteiger partial charge in [0.1, 0.15) is 12.4 Å². The highest BCUT2D eigenvalue weighted by Gasteiger charge is 2.27. The Morgan fingerprint density at radius 2 is 1.76 bits per heavy atom. The smallest absolute Gasteiger partial charge is 0.243 e. The van der Waals surface area contributed by atoms with Gasteiger partial charge in [0.05, 0.1) is 17.4 Å². The number of benzene rings is 2. The van der Waals surface area contributed by atoms with Gasteiger partial charge in [0, 0.05) is 31.2 Å². The van der Waals surface area contributed by atoms with Crippen LogP contribution in [-0.4, -0.2) is 62.9 Å². The van der Waals surface area contributed by atoms with Crippen molar-refractivity contribution in [3.63, 3.8) is 0 Å². The molecule has 0 radical (unpaired) electrons. The summed E-state index contributed by atoms with van der Waals surface area (Å²) in [5.41, 5.74) is 1.08. The van der Waals surface area contributed by atoms with Crippen molar-refractivity contribution in [1.29, 1.82) is 0 Å². The van der Waals surface area contributed by atoms with Gasteiger partial charge in [-0.25, -0.2) is 8.42 Å². The van der Waals surface area contributed by atoms with Gasteiger partial charge in [-0.3, -0.25) is 9.69 Å². The monoisotopic (exact) mass is 505 g/mol. The Kier molecular flexibility index (Phi) is 8.47. The minimum Gasteiger partial charge on any atom is -0.492 e. The molecular weight excluding hydrogens is 474 g/mol. The Bertz CT molecular complexity index is 1070. The summed E-state index contributed by atoms with van der Waals surface area (Å²) in [6, 6.07) is 14.3. The molecule has 2 aliphatic rings. The van der Waals surface area contributed by atoms with Crippen LogP contribution in [-0.2, 0) is 21.4 Å². The number of nitrogens with one attached hydrogen (secondary N) is 1. The van der Waals surface area contributed by atoms with Crippen LogP contribution < -0.4 is 10.1 Å². The molecule has 184 valence electrons. The second-order valence-corrected chi connectivity index (χ2v) is 11.2. The van der Waals surface area contributed by atoms with E-state index in [-0.39, 0.29) is 16.7 Å². The molecule has 0 aliphatic carbocycles. The lowest BCUT2D eigenvalue weighted by Gasteiger charge is -2.32. The molecule has 2 fully saturated rings. The maximum absolute atomic E-state index is 12.7. The van der Waals surface area contributed by atoms with E-state index in [2.05, 4.69) is 10.2 Å². The Labute approximate surface area is 207 Å². The topological polar surface area (TPSA) is 78.9 Å². The summed E-state index contributed by atoms with van der Waals surface area (Å²) in [6.07, 6.45) is 3.67. The summed E-state index contributed by atoms with van der Waals surface area (Å²) in [4.78, 5) is 15.2. The number of sulfonamides is 1. The van der Waals surface area contributed by atoms with Crippen molar-refractivity contribution in [3.05, 3.63) is 59.1 Å². The van der Waals surface area contributed by atoms with E-state index in [1.807, 2.05) is 24.3 Å². The highest BCUT2D eigenvalue weighted by molar-refractivity contribution is 7.89. The predicted octanol–water partition coefficient (Wildman–Crippen LogP) is 3.53. The van der Waals surface area contributed by atoms with Crippen molar-refractivity contribution < 1.29 is 17.9 Å². The molecule has 0 spiro atoms. The number of ether oxygens (including phenoxy) is 1. The zero-order valence-corrected chi connectivity index (χ0v) is 20.9. The molecule has 0 saturated carbocycles. The highest BCUT2D eigenvalue weighted by Crippen LogP contribution is 2.24. The van der Waals surface area contributed by atoms with Gasteiger partial charge in [-0.2, -0.15) is 4.31 Å². The molecule has 2 aliphatic heterocycles. The maximum atomic E-state index is 12.7. The molecule has 2 aromatic rings. The van der Waals surface area contributed by atoms with Crippen LogP contribution in [0.1, 0.15) is 31.2 Å². The number of likely N-dealkylation sites (tertiary alicyclic amines) is 1. The van der Waals surface area contributed by atoms with Gasteiger partial charge in [0.2, 0.25) is 15.9 Å². The summed E-state index contributed by atoms with van der Waals surface area (Å²) < 4.78 is 32.4. The number of rotatable bonds is 9. The number of nitrogens with zero attached hydrogens (tertiary/aromatic N) is 2. The Morgan fingerprint density at radius 1 is 1.03 bits per heavy atom. The summed E-state index contributed by atoms with van der Waals surface area (Å²) >= 11 is 6.29. The van der Waals surface area contributed by atoms with Crippen LogP contribution in [0.25, 0.3) is 0 Å². The molecule has 4 rings (SSSR count). The summed E-state index contributed by atoms with van der Waals surface area (Å²) in [5, 5.41) is 3.73. The quantitative estimate of drug-likeness (QED) is 0.527. The average molecular weight is 506 g/mol. The lowest BCUT2D eigenvalue weighted by Crippen LogP contribution is -2.43. The van der Waals surface area contributed by atoms with E-state index in [4.69, 9.17) is 16.3 Å². The van der Waals surface area contributed by atoms with Crippen LogP contribution in [0.2, 0.25) is 5.02 Å². The molecule has 1 N–H and O–H groups in total. The number of hydrogen-bond acceptors (Lipinski definition) is 5. The lowest BCUT2D eigenvalue weighted by molar-refractivity contribution is -0.126. The molecule has 0 bridgehead atoms. The summed E-state index contributed by atoms with van der Waals surface area (Å²) in [6.45, 7) is 4.30. The van der Waals surface area contributed by atoms with Crippen molar-refractivity contribution in [2.75, 3.05) is 39.3 Å². The van der Waals surface area contributed by atoms with Gasteiger partial charge >= 0.3 is 0 Å². The van der Waals surface area contributed by atoms with E-state index < -0.39 is 10.0 Å². The maximum Gasteiger partial charge on any atom is 0.243 e. The SMILES string of the molecule is O=C(NCCOc1ccc(S(=O)(=O)N2CCCC2)cc1)[C@H]1CCCN(Cc2ccccc2Cl)C1.